The summed E-state index contributed by atoms with van der Waals surface area (Å²) in [6.45, 7) is 5.50. The Kier molecular flexibility index (Phi) is 13.8. The third-order valence-electron chi connectivity index (χ3n) is 8.83. The van der Waals surface area contributed by atoms with Gasteiger partial charge in [-0.3, -0.25) is 0 Å². The van der Waals surface area contributed by atoms with E-state index in [-0.39, 0.29) is 17.6 Å². The van der Waals surface area contributed by atoms with Crippen molar-refractivity contribution in [2.75, 3.05) is 13.7 Å². The van der Waals surface area contributed by atoms with Gasteiger partial charge in [0.25, 0.3) is 0 Å². The van der Waals surface area contributed by atoms with E-state index < -0.39 is 18.2 Å². The van der Waals surface area contributed by atoms with Gasteiger partial charge < -0.3 is 28.4 Å². The Morgan fingerprint density at radius 3 is 1.98 bits per heavy atom. The van der Waals surface area contributed by atoms with Gasteiger partial charge in [-0.2, -0.15) is 0 Å². The topological polar surface area (TPSA) is 55.4 Å². The second kappa shape index (κ2) is 18.2. The van der Waals surface area contributed by atoms with Crippen LogP contribution in [0.25, 0.3) is 0 Å². The number of thioether (sulfide) groups is 1. The van der Waals surface area contributed by atoms with E-state index in [0.717, 1.165) is 34.8 Å². The number of hydrogen-bond acceptors (Lipinski definition) is 7. The Balaban J connectivity index is 1.13. The van der Waals surface area contributed by atoms with Gasteiger partial charge in [-0.1, -0.05) is 137 Å². The van der Waals surface area contributed by atoms with Crippen LogP contribution in [0.2, 0.25) is 0 Å². The van der Waals surface area contributed by atoms with Crippen molar-refractivity contribution < 1.29 is 28.4 Å². The van der Waals surface area contributed by atoms with Crippen LogP contribution in [0.4, 0.5) is 0 Å². The van der Waals surface area contributed by atoms with E-state index in [2.05, 4.69) is 31.2 Å². The molecule has 46 heavy (non-hydrogen) atoms. The third kappa shape index (κ3) is 9.59. The Labute approximate surface area is 280 Å². The lowest BCUT2D eigenvalue weighted by Gasteiger charge is -2.40. The van der Waals surface area contributed by atoms with Crippen LogP contribution in [0, 0.1) is 0 Å². The molecular formula is C39H52O6S. The summed E-state index contributed by atoms with van der Waals surface area (Å²) >= 11 is 1.63. The molecule has 0 radical (unpaired) electrons. The van der Waals surface area contributed by atoms with Crippen molar-refractivity contribution in [3.63, 3.8) is 0 Å². The number of methoxy groups -OCH3 is 1. The highest BCUT2D eigenvalue weighted by Crippen LogP contribution is 2.47. The molecule has 250 valence electrons. The molecule has 0 aliphatic carbocycles. The first-order chi connectivity index (χ1) is 22.6. The van der Waals surface area contributed by atoms with Crippen LogP contribution in [0.3, 0.4) is 0 Å². The maximum Gasteiger partial charge on any atom is 0.312 e. The first kappa shape index (κ1) is 34.9. The molecule has 2 heterocycles. The lowest BCUT2D eigenvalue weighted by atomic mass is 10.0. The SMILES string of the molecule is CCCCCCCCCCCCOc1ccc(CO[C@@H]2[C@H]3OC(OC)(c4ccccc4)O[C@H]3[C@H](Sc3ccccc3)O[C@H]2C)cc1. The number of fused-ring (bicyclic) bond motifs is 1. The predicted octanol–water partition coefficient (Wildman–Crippen LogP) is 9.65. The Morgan fingerprint density at radius 1 is 0.717 bits per heavy atom. The van der Waals surface area contributed by atoms with Gasteiger partial charge >= 0.3 is 5.97 Å². The molecule has 0 N–H and O–H groups in total. The normalized spacial score (nSPS) is 25.8. The molecule has 2 aliphatic rings. The van der Waals surface area contributed by atoms with Crippen molar-refractivity contribution in [2.24, 2.45) is 0 Å². The first-order valence-corrected chi connectivity index (χ1v) is 18.2. The van der Waals surface area contributed by atoms with Crippen molar-refractivity contribution in [3.8, 4) is 5.75 Å². The smallest absolute Gasteiger partial charge is 0.312 e. The predicted molar refractivity (Wildman–Crippen MR) is 184 cm³/mol. The first-order valence-electron chi connectivity index (χ1n) is 17.3. The van der Waals surface area contributed by atoms with Gasteiger partial charge in [-0.25, -0.2) is 0 Å². The van der Waals surface area contributed by atoms with Gasteiger partial charge in [0.1, 0.15) is 29.5 Å². The van der Waals surface area contributed by atoms with Gasteiger partial charge in [0.15, 0.2) is 0 Å². The minimum absolute atomic E-state index is 0.224. The minimum Gasteiger partial charge on any atom is -0.494 e. The summed E-state index contributed by atoms with van der Waals surface area (Å²) < 4.78 is 38.4. The monoisotopic (exact) mass is 648 g/mol. The number of benzene rings is 3. The average molecular weight is 649 g/mol. The fourth-order valence-electron chi connectivity index (χ4n) is 6.22. The molecule has 6 atom stereocenters. The molecule has 0 spiro atoms. The van der Waals surface area contributed by atoms with Crippen molar-refractivity contribution in [3.05, 3.63) is 96.1 Å². The highest BCUT2D eigenvalue weighted by molar-refractivity contribution is 7.99. The maximum absolute atomic E-state index is 6.67. The van der Waals surface area contributed by atoms with Crippen LogP contribution in [0.1, 0.15) is 89.2 Å². The quantitative estimate of drug-likeness (QED) is 0.120. The van der Waals surface area contributed by atoms with Crippen molar-refractivity contribution in [1.82, 2.24) is 0 Å². The zero-order valence-corrected chi connectivity index (χ0v) is 28.6. The van der Waals surface area contributed by atoms with Crippen LogP contribution in [0.5, 0.6) is 5.75 Å². The Bertz CT molecular complexity index is 1260. The van der Waals surface area contributed by atoms with E-state index >= 15 is 0 Å². The molecule has 1 unspecified atom stereocenters. The minimum atomic E-state index is -1.34. The lowest BCUT2D eigenvalue weighted by Crippen LogP contribution is -2.55. The largest absolute Gasteiger partial charge is 0.494 e. The summed E-state index contributed by atoms with van der Waals surface area (Å²) in [5.41, 5.74) is 1.57. The van der Waals surface area contributed by atoms with Crippen molar-refractivity contribution in [2.45, 2.75) is 125 Å². The highest BCUT2D eigenvalue weighted by Gasteiger charge is 2.59. The lowest BCUT2D eigenvalue weighted by molar-refractivity contribution is -0.345. The van der Waals surface area contributed by atoms with Crippen LogP contribution in [-0.2, 0) is 36.3 Å². The fourth-order valence-corrected chi connectivity index (χ4v) is 7.38. The number of rotatable bonds is 19. The van der Waals surface area contributed by atoms with E-state index in [0.29, 0.717) is 6.61 Å². The zero-order chi connectivity index (χ0) is 32.0. The molecule has 6 nitrogen and oxygen atoms in total. The molecule has 2 fully saturated rings. The second-order valence-corrected chi connectivity index (χ2v) is 13.6. The molecule has 0 saturated carbocycles. The molecule has 0 aromatic heterocycles. The molecule has 3 aromatic carbocycles. The van der Waals surface area contributed by atoms with Crippen molar-refractivity contribution >= 4 is 11.8 Å². The number of hydrogen-bond donors (Lipinski definition) is 0. The highest BCUT2D eigenvalue weighted by atomic mass is 32.2. The standard InChI is InChI=1S/C39H52O6S/c1-4-5-6-7-8-9-10-11-12-19-28-41-33-26-24-31(25-27-33)29-42-35-30(2)43-38(46-34-22-17-14-18-23-34)37-36(35)44-39(40-3,45-37)32-20-15-13-16-21-32/h13-18,20-27,30,35-38H,4-12,19,28-29H2,1-3H3/t30-,35-,36+,37+,38-,39?/m0/s1. The van der Waals surface area contributed by atoms with E-state index in [4.69, 9.17) is 28.4 Å². The van der Waals surface area contributed by atoms with E-state index in [1.54, 1.807) is 18.9 Å². The molecule has 3 aromatic rings. The van der Waals surface area contributed by atoms with Gasteiger partial charge in [-0.15, -0.1) is 0 Å². The van der Waals surface area contributed by atoms with Crippen LogP contribution in [-0.4, -0.2) is 43.6 Å². The number of ether oxygens (including phenoxy) is 6. The van der Waals surface area contributed by atoms with Gasteiger partial charge in [0.05, 0.1) is 19.3 Å². The van der Waals surface area contributed by atoms with Gasteiger partial charge in [0, 0.05) is 17.6 Å². The molecule has 2 saturated heterocycles. The van der Waals surface area contributed by atoms with Crippen molar-refractivity contribution in [1.29, 1.82) is 0 Å². The summed E-state index contributed by atoms with van der Waals surface area (Å²) in [5.74, 6) is -0.441. The zero-order valence-electron chi connectivity index (χ0n) is 27.8. The molecule has 5 rings (SSSR count). The Morgan fingerprint density at radius 2 is 1.33 bits per heavy atom. The van der Waals surface area contributed by atoms with E-state index in [9.17, 15) is 0 Å². The molecule has 7 heteroatoms. The summed E-state index contributed by atoms with van der Waals surface area (Å²) in [6, 6.07) is 28.2. The molecular weight excluding hydrogens is 596 g/mol. The van der Waals surface area contributed by atoms with Gasteiger partial charge in [-0.05, 0) is 43.2 Å². The summed E-state index contributed by atoms with van der Waals surface area (Å²) in [7, 11) is 1.62. The average Bonchev–Trinajstić information content (AvgIpc) is 3.50. The summed E-state index contributed by atoms with van der Waals surface area (Å²) in [5, 5.41) is 0. The van der Waals surface area contributed by atoms with Crippen LogP contribution < -0.4 is 4.74 Å². The molecule has 2 aliphatic heterocycles. The second-order valence-electron chi connectivity index (χ2n) is 12.4. The Hall–Kier alpha value is -2.39. The fraction of sp³-hybridized carbons (Fsp3) is 0.538. The number of unbranched alkanes of at least 4 members (excludes halogenated alkanes) is 9. The summed E-state index contributed by atoms with van der Waals surface area (Å²) in [4.78, 5) is 1.10. The molecule has 0 amide bonds. The van der Waals surface area contributed by atoms with Gasteiger partial charge in [0.2, 0.25) is 0 Å². The maximum atomic E-state index is 6.67. The molecule has 0 bridgehead atoms. The summed E-state index contributed by atoms with van der Waals surface area (Å²) in [6.07, 6.45) is 11.8. The van der Waals surface area contributed by atoms with Crippen LogP contribution in [0.15, 0.2) is 89.8 Å². The van der Waals surface area contributed by atoms with E-state index in [1.165, 1.54) is 57.8 Å². The third-order valence-corrected chi connectivity index (χ3v) is 9.99. The van der Waals surface area contributed by atoms with E-state index in [1.807, 2.05) is 67.6 Å². The van der Waals surface area contributed by atoms with Crippen LogP contribution >= 0.6 is 11.8 Å².